The number of aromatic nitrogens is 2. The van der Waals surface area contributed by atoms with Crippen molar-refractivity contribution in [3.63, 3.8) is 0 Å². The van der Waals surface area contributed by atoms with Crippen LogP contribution in [0.15, 0.2) is 16.9 Å². The van der Waals surface area contributed by atoms with E-state index >= 15 is 0 Å². The second-order valence-corrected chi connectivity index (χ2v) is 3.14. The van der Waals surface area contributed by atoms with E-state index in [-0.39, 0.29) is 6.61 Å². The molecule has 0 aliphatic rings. The summed E-state index contributed by atoms with van der Waals surface area (Å²) in [7, 11) is 0. The van der Waals surface area contributed by atoms with Gasteiger partial charge in [-0.05, 0) is 22.4 Å². The van der Waals surface area contributed by atoms with Gasteiger partial charge in [0.2, 0.25) is 5.95 Å². The van der Waals surface area contributed by atoms with Crippen LogP contribution in [-0.4, -0.2) is 28.2 Å². The lowest BCUT2D eigenvalue weighted by atomic mass is 10.4. The van der Waals surface area contributed by atoms with E-state index < -0.39 is 0 Å². The molecule has 1 aromatic heterocycles. The van der Waals surface area contributed by atoms with Gasteiger partial charge in [-0.1, -0.05) is 0 Å². The molecule has 4 nitrogen and oxygen atoms in total. The summed E-state index contributed by atoms with van der Waals surface area (Å²) in [5.41, 5.74) is 0. The first kappa shape index (κ1) is 9.41. The second-order valence-electron chi connectivity index (χ2n) is 2.23. The molecule has 0 aliphatic heterocycles. The predicted molar refractivity (Wildman–Crippen MR) is 49.9 cm³/mol. The van der Waals surface area contributed by atoms with E-state index in [0.717, 1.165) is 4.47 Å². The maximum atomic E-state index is 8.50. The highest BCUT2D eigenvalue weighted by atomic mass is 79.9. The van der Waals surface area contributed by atoms with Crippen molar-refractivity contribution >= 4 is 21.9 Å². The molecule has 0 aromatic carbocycles. The Morgan fingerprint density at radius 3 is 2.67 bits per heavy atom. The molecule has 1 heterocycles. The zero-order valence-corrected chi connectivity index (χ0v) is 8.08. The smallest absolute Gasteiger partial charge is 0.222 e. The monoisotopic (exact) mass is 231 g/mol. The average molecular weight is 232 g/mol. The normalized spacial score (nSPS) is 9.83. The minimum Gasteiger partial charge on any atom is -0.396 e. The molecule has 5 heteroatoms. The van der Waals surface area contributed by atoms with Crippen molar-refractivity contribution in [2.24, 2.45) is 0 Å². The van der Waals surface area contributed by atoms with Gasteiger partial charge in [0.05, 0.1) is 4.47 Å². The highest BCUT2D eigenvalue weighted by molar-refractivity contribution is 9.10. The molecule has 12 heavy (non-hydrogen) atoms. The number of hydrogen-bond donors (Lipinski definition) is 2. The van der Waals surface area contributed by atoms with Crippen LogP contribution < -0.4 is 5.32 Å². The van der Waals surface area contributed by atoms with Crippen LogP contribution in [-0.2, 0) is 0 Å². The summed E-state index contributed by atoms with van der Waals surface area (Å²) in [6, 6.07) is 0. The third-order valence-corrected chi connectivity index (χ3v) is 1.65. The highest BCUT2D eigenvalue weighted by Gasteiger charge is 1.93. The van der Waals surface area contributed by atoms with Crippen molar-refractivity contribution in [1.82, 2.24) is 9.97 Å². The summed E-state index contributed by atoms with van der Waals surface area (Å²) in [6.45, 7) is 0.877. The van der Waals surface area contributed by atoms with Crippen LogP contribution in [0, 0.1) is 0 Å². The quantitative estimate of drug-likeness (QED) is 0.761. The Balaban J connectivity index is 2.37. The summed E-state index contributed by atoms with van der Waals surface area (Å²) in [4.78, 5) is 8.00. The molecule has 0 aliphatic carbocycles. The topological polar surface area (TPSA) is 58.0 Å². The summed E-state index contributed by atoms with van der Waals surface area (Å²) in [5, 5.41) is 11.5. The number of rotatable bonds is 4. The Bertz CT molecular complexity index is 227. The first-order valence-corrected chi connectivity index (χ1v) is 4.44. The van der Waals surface area contributed by atoms with E-state index in [4.69, 9.17) is 5.11 Å². The molecule has 0 saturated carbocycles. The van der Waals surface area contributed by atoms with E-state index in [1.165, 1.54) is 0 Å². The molecule has 0 fully saturated rings. The molecule has 0 radical (unpaired) electrons. The Hall–Kier alpha value is -0.680. The van der Waals surface area contributed by atoms with Crippen LogP contribution in [0.5, 0.6) is 0 Å². The number of aliphatic hydroxyl groups is 1. The van der Waals surface area contributed by atoms with Crippen molar-refractivity contribution in [3.8, 4) is 0 Å². The van der Waals surface area contributed by atoms with Gasteiger partial charge in [-0.15, -0.1) is 0 Å². The average Bonchev–Trinajstić information content (AvgIpc) is 2.09. The van der Waals surface area contributed by atoms with Crippen molar-refractivity contribution in [3.05, 3.63) is 16.9 Å². The lowest BCUT2D eigenvalue weighted by molar-refractivity contribution is 0.292. The van der Waals surface area contributed by atoms with Gasteiger partial charge >= 0.3 is 0 Å². The van der Waals surface area contributed by atoms with Crippen LogP contribution in [0.3, 0.4) is 0 Å². The van der Waals surface area contributed by atoms with Crippen molar-refractivity contribution in [2.75, 3.05) is 18.5 Å². The fraction of sp³-hybridized carbons (Fsp3) is 0.429. The van der Waals surface area contributed by atoms with Crippen LogP contribution in [0.4, 0.5) is 5.95 Å². The number of nitrogens with zero attached hydrogens (tertiary/aromatic N) is 2. The van der Waals surface area contributed by atoms with E-state index in [1.54, 1.807) is 12.4 Å². The molecule has 0 amide bonds. The third kappa shape index (κ3) is 3.15. The van der Waals surface area contributed by atoms with Crippen molar-refractivity contribution in [2.45, 2.75) is 6.42 Å². The third-order valence-electron chi connectivity index (χ3n) is 1.24. The van der Waals surface area contributed by atoms with Crippen LogP contribution in [0.2, 0.25) is 0 Å². The SMILES string of the molecule is OCCCNc1ncc(Br)cn1. The van der Waals surface area contributed by atoms with Crippen LogP contribution in [0.1, 0.15) is 6.42 Å². The zero-order valence-electron chi connectivity index (χ0n) is 6.50. The number of halogens is 1. The van der Waals surface area contributed by atoms with Gasteiger partial charge in [-0.2, -0.15) is 0 Å². The molecule has 0 bridgehead atoms. The Morgan fingerprint density at radius 1 is 1.42 bits per heavy atom. The van der Waals surface area contributed by atoms with Gasteiger partial charge in [-0.25, -0.2) is 9.97 Å². The summed E-state index contributed by atoms with van der Waals surface area (Å²) < 4.78 is 0.857. The molecule has 0 saturated heterocycles. The molecule has 0 atom stereocenters. The molecular formula is C7H10BrN3O. The lowest BCUT2D eigenvalue weighted by Gasteiger charge is -2.01. The van der Waals surface area contributed by atoms with E-state index in [0.29, 0.717) is 18.9 Å². The molecule has 66 valence electrons. The zero-order chi connectivity index (χ0) is 8.81. The lowest BCUT2D eigenvalue weighted by Crippen LogP contribution is -2.06. The minimum absolute atomic E-state index is 0.184. The molecule has 0 spiro atoms. The van der Waals surface area contributed by atoms with Gasteiger partial charge in [0.1, 0.15) is 0 Å². The number of nitrogens with one attached hydrogen (secondary N) is 1. The Morgan fingerprint density at radius 2 is 2.08 bits per heavy atom. The molecular weight excluding hydrogens is 222 g/mol. The van der Waals surface area contributed by atoms with E-state index in [9.17, 15) is 0 Å². The van der Waals surface area contributed by atoms with Crippen molar-refractivity contribution in [1.29, 1.82) is 0 Å². The second kappa shape index (κ2) is 5.05. The number of aliphatic hydroxyl groups excluding tert-OH is 1. The highest BCUT2D eigenvalue weighted by Crippen LogP contribution is 2.06. The van der Waals surface area contributed by atoms with E-state index in [1.807, 2.05) is 0 Å². The standard InChI is InChI=1S/C7H10BrN3O/c8-6-4-10-7(11-5-6)9-2-1-3-12/h4-5,12H,1-3H2,(H,9,10,11). The van der Waals surface area contributed by atoms with Gasteiger partial charge in [0, 0.05) is 25.5 Å². The number of hydrogen-bond acceptors (Lipinski definition) is 4. The maximum Gasteiger partial charge on any atom is 0.222 e. The minimum atomic E-state index is 0.184. The Labute approximate surface area is 79.2 Å². The van der Waals surface area contributed by atoms with Crippen molar-refractivity contribution < 1.29 is 5.11 Å². The van der Waals surface area contributed by atoms with E-state index in [2.05, 4.69) is 31.2 Å². The van der Waals surface area contributed by atoms with Crippen LogP contribution in [0.25, 0.3) is 0 Å². The molecule has 2 N–H and O–H groups in total. The van der Waals surface area contributed by atoms with Gasteiger partial charge < -0.3 is 10.4 Å². The fourth-order valence-electron chi connectivity index (χ4n) is 0.683. The van der Waals surface area contributed by atoms with Gasteiger partial charge in [0.25, 0.3) is 0 Å². The molecule has 0 unspecified atom stereocenters. The first-order chi connectivity index (χ1) is 5.83. The Kier molecular flexibility index (Phi) is 3.96. The first-order valence-electron chi connectivity index (χ1n) is 3.65. The fourth-order valence-corrected chi connectivity index (χ4v) is 0.888. The predicted octanol–water partition coefficient (Wildman–Crippen LogP) is 1.03. The summed E-state index contributed by atoms with van der Waals surface area (Å²) in [5.74, 6) is 0.589. The van der Waals surface area contributed by atoms with Gasteiger partial charge in [-0.3, -0.25) is 0 Å². The largest absolute Gasteiger partial charge is 0.396 e. The number of anilines is 1. The summed E-state index contributed by atoms with van der Waals surface area (Å²) in [6.07, 6.45) is 4.06. The molecule has 1 aromatic rings. The summed E-state index contributed by atoms with van der Waals surface area (Å²) >= 11 is 3.23. The molecule has 1 rings (SSSR count). The van der Waals surface area contributed by atoms with Crippen LogP contribution >= 0.6 is 15.9 Å². The maximum absolute atomic E-state index is 8.50. The van der Waals surface area contributed by atoms with Gasteiger partial charge in [0.15, 0.2) is 0 Å².